The molecule has 0 aliphatic carbocycles. The van der Waals surface area contributed by atoms with Gasteiger partial charge in [-0.05, 0) is 31.0 Å². The van der Waals surface area contributed by atoms with Gasteiger partial charge in [-0.25, -0.2) is 0 Å². The summed E-state index contributed by atoms with van der Waals surface area (Å²) in [5.74, 6) is 0.679. The molecule has 2 amide bonds. The van der Waals surface area contributed by atoms with Gasteiger partial charge in [0.15, 0.2) is 0 Å². The Morgan fingerprint density at radius 1 is 1.31 bits per heavy atom. The molecule has 144 valence electrons. The number of hydrogen-bond acceptors (Lipinski definition) is 5. The monoisotopic (exact) mass is 363 g/mol. The highest BCUT2D eigenvalue weighted by molar-refractivity contribution is 5.79. The molecule has 2 rings (SSSR count). The van der Waals surface area contributed by atoms with Crippen molar-refractivity contribution in [3.8, 4) is 5.75 Å². The summed E-state index contributed by atoms with van der Waals surface area (Å²) >= 11 is 0. The third-order valence-electron chi connectivity index (χ3n) is 4.47. The van der Waals surface area contributed by atoms with Gasteiger partial charge in [0.2, 0.25) is 11.8 Å². The minimum Gasteiger partial charge on any atom is -0.494 e. The zero-order valence-electron chi connectivity index (χ0n) is 15.8. The number of nitrogens with zero attached hydrogens (tertiary/aromatic N) is 2. The number of ether oxygens (including phenoxy) is 1. The number of likely N-dealkylation sites (tertiary alicyclic amines) is 1. The van der Waals surface area contributed by atoms with Gasteiger partial charge in [0.1, 0.15) is 5.75 Å². The average molecular weight is 363 g/mol. The van der Waals surface area contributed by atoms with Crippen LogP contribution in [0, 0.1) is 0 Å². The molecule has 1 aliphatic rings. The van der Waals surface area contributed by atoms with Crippen LogP contribution in [0.15, 0.2) is 24.3 Å². The number of carbonyl (C=O) groups excluding carboxylic acids is 2. The van der Waals surface area contributed by atoms with Crippen molar-refractivity contribution in [3.05, 3.63) is 29.8 Å². The summed E-state index contributed by atoms with van der Waals surface area (Å²) in [6.07, 6.45) is 0.206. The zero-order valence-corrected chi connectivity index (χ0v) is 15.8. The quantitative estimate of drug-likeness (QED) is 0.727. The van der Waals surface area contributed by atoms with E-state index in [0.29, 0.717) is 26.1 Å². The molecule has 0 bridgehead atoms. The van der Waals surface area contributed by atoms with Gasteiger partial charge in [-0.3, -0.25) is 14.5 Å². The van der Waals surface area contributed by atoms with Crippen molar-refractivity contribution in [2.24, 2.45) is 0 Å². The Bertz CT molecular complexity index is 603. The lowest BCUT2D eigenvalue weighted by Gasteiger charge is -2.36. The van der Waals surface area contributed by atoms with E-state index in [-0.39, 0.29) is 30.8 Å². The predicted octanol–water partition coefficient (Wildman–Crippen LogP) is 0.267. The lowest BCUT2D eigenvalue weighted by atomic mass is 10.0. The maximum Gasteiger partial charge on any atom is 0.236 e. The van der Waals surface area contributed by atoms with E-state index < -0.39 is 6.10 Å². The van der Waals surface area contributed by atoms with Crippen LogP contribution in [0.5, 0.6) is 5.75 Å². The third kappa shape index (κ3) is 6.00. The molecule has 2 N–H and O–H groups in total. The maximum absolute atomic E-state index is 12.3. The number of aliphatic hydroxyl groups is 1. The van der Waals surface area contributed by atoms with Crippen LogP contribution in [0.1, 0.15) is 18.9 Å². The minimum atomic E-state index is -0.678. The van der Waals surface area contributed by atoms with Gasteiger partial charge in [0.25, 0.3) is 0 Å². The van der Waals surface area contributed by atoms with E-state index in [1.165, 1.54) is 4.90 Å². The Morgan fingerprint density at radius 3 is 2.58 bits per heavy atom. The van der Waals surface area contributed by atoms with Crippen molar-refractivity contribution in [1.29, 1.82) is 0 Å². The number of rotatable bonds is 7. The number of amides is 2. The fourth-order valence-electron chi connectivity index (χ4n) is 2.96. The average Bonchev–Trinajstić information content (AvgIpc) is 2.59. The molecule has 1 heterocycles. The molecule has 26 heavy (non-hydrogen) atoms. The van der Waals surface area contributed by atoms with E-state index in [1.54, 1.807) is 14.1 Å². The van der Waals surface area contributed by atoms with E-state index in [0.717, 1.165) is 11.3 Å². The summed E-state index contributed by atoms with van der Waals surface area (Å²) in [6.45, 7) is 3.88. The topological polar surface area (TPSA) is 82.1 Å². The Labute approximate surface area is 154 Å². The zero-order chi connectivity index (χ0) is 19.1. The van der Waals surface area contributed by atoms with Gasteiger partial charge in [-0.15, -0.1) is 0 Å². The first-order chi connectivity index (χ1) is 12.4. The van der Waals surface area contributed by atoms with Crippen molar-refractivity contribution in [2.75, 3.05) is 40.3 Å². The Kier molecular flexibility index (Phi) is 7.41. The molecule has 1 aromatic rings. The molecular formula is C19H29N3O4. The number of piperidine rings is 1. The molecule has 2 atom stereocenters. The van der Waals surface area contributed by atoms with E-state index in [4.69, 9.17) is 4.74 Å². The van der Waals surface area contributed by atoms with E-state index in [1.807, 2.05) is 36.1 Å². The fourth-order valence-corrected chi connectivity index (χ4v) is 2.96. The van der Waals surface area contributed by atoms with Crippen LogP contribution in [0.25, 0.3) is 0 Å². The van der Waals surface area contributed by atoms with Gasteiger partial charge in [0.05, 0.1) is 31.7 Å². The normalized spacial score (nSPS) is 20.5. The Balaban J connectivity index is 1.79. The smallest absolute Gasteiger partial charge is 0.236 e. The number of β-amino-alcohol motifs (C(OH)–C–C–N with tert-alkyl or cyclic N) is 1. The molecule has 0 unspecified atom stereocenters. The highest BCUT2D eigenvalue weighted by atomic mass is 16.5. The third-order valence-corrected chi connectivity index (χ3v) is 4.47. The first-order valence-electron chi connectivity index (χ1n) is 9.00. The van der Waals surface area contributed by atoms with E-state index >= 15 is 0 Å². The van der Waals surface area contributed by atoms with Crippen molar-refractivity contribution < 1.29 is 19.4 Å². The second-order valence-electron chi connectivity index (χ2n) is 6.81. The van der Waals surface area contributed by atoms with Crippen LogP contribution in [0.4, 0.5) is 0 Å². The van der Waals surface area contributed by atoms with Crippen LogP contribution < -0.4 is 10.1 Å². The second-order valence-corrected chi connectivity index (χ2v) is 6.81. The fraction of sp³-hybridized carbons (Fsp3) is 0.579. The summed E-state index contributed by atoms with van der Waals surface area (Å²) in [5.41, 5.74) is 0.898. The molecule has 0 aromatic heterocycles. The number of likely N-dealkylation sites (N-methyl/N-ethyl adjacent to an activating group) is 1. The van der Waals surface area contributed by atoms with E-state index in [2.05, 4.69) is 5.32 Å². The summed E-state index contributed by atoms with van der Waals surface area (Å²) in [6, 6.07) is 7.16. The molecule has 1 aliphatic heterocycles. The highest BCUT2D eigenvalue weighted by Crippen LogP contribution is 2.14. The van der Waals surface area contributed by atoms with Gasteiger partial charge in [-0.1, -0.05) is 12.1 Å². The molecular weight excluding hydrogens is 334 g/mol. The van der Waals surface area contributed by atoms with Crippen LogP contribution in [-0.2, 0) is 16.0 Å². The van der Waals surface area contributed by atoms with Crippen LogP contribution in [0.3, 0.4) is 0 Å². The van der Waals surface area contributed by atoms with Gasteiger partial charge in [-0.2, -0.15) is 0 Å². The van der Waals surface area contributed by atoms with Crippen molar-refractivity contribution in [3.63, 3.8) is 0 Å². The molecule has 7 heteroatoms. The molecule has 1 saturated heterocycles. The molecule has 0 radical (unpaired) electrons. The van der Waals surface area contributed by atoms with E-state index in [9.17, 15) is 14.7 Å². The number of hydrogen-bond donors (Lipinski definition) is 2. The van der Waals surface area contributed by atoms with Crippen LogP contribution in [0.2, 0.25) is 0 Å². The van der Waals surface area contributed by atoms with Crippen molar-refractivity contribution in [2.45, 2.75) is 31.9 Å². The number of nitrogens with one attached hydrogen (secondary N) is 1. The Hall–Kier alpha value is -2.12. The largest absolute Gasteiger partial charge is 0.494 e. The lowest BCUT2D eigenvalue weighted by molar-refractivity contribution is -0.131. The molecule has 0 saturated carbocycles. The summed E-state index contributed by atoms with van der Waals surface area (Å²) < 4.78 is 5.39. The second kappa shape index (κ2) is 9.54. The summed E-state index contributed by atoms with van der Waals surface area (Å²) in [5, 5.41) is 13.2. The number of benzene rings is 1. The predicted molar refractivity (Wildman–Crippen MR) is 99.0 cm³/mol. The first-order valence-corrected chi connectivity index (χ1v) is 9.00. The minimum absolute atomic E-state index is 0.00943. The maximum atomic E-state index is 12.3. The van der Waals surface area contributed by atoms with Crippen molar-refractivity contribution >= 4 is 11.8 Å². The lowest BCUT2D eigenvalue weighted by Crippen LogP contribution is -2.55. The van der Waals surface area contributed by atoms with Gasteiger partial charge >= 0.3 is 0 Å². The number of aliphatic hydroxyl groups excluding tert-OH is 1. The van der Waals surface area contributed by atoms with Crippen molar-refractivity contribution in [1.82, 2.24) is 15.1 Å². The van der Waals surface area contributed by atoms with Gasteiger partial charge in [0, 0.05) is 27.2 Å². The Morgan fingerprint density at radius 2 is 2.00 bits per heavy atom. The SMILES string of the molecule is CCOc1ccc(CC(=O)N[C@@H]2CCN(CC(=O)N(C)C)C[C@H]2O)cc1. The van der Waals surface area contributed by atoms with Crippen LogP contribution >= 0.6 is 0 Å². The number of carbonyl (C=O) groups is 2. The highest BCUT2D eigenvalue weighted by Gasteiger charge is 2.29. The van der Waals surface area contributed by atoms with Crippen LogP contribution in [-0.4, -0.2) is 79.2 Å². The molecule has 7 nitrogen and oxygen atoms in total. The molecule has 1 fully saturated rings. The summed E-state index contributed by atoms with van der Waals surface area (Å²) in [7, 11) is 3.43. The molecule has 0 spiro atoms. The molecule has 1 aromatic carbocycles. The standard InChI is InChI=1S/C19H29N3O4/c1-4-26-15-7-5-14(6-8-15)11-18(24)20-16-9-10-22(12-17(16)23)13-19(25)21(2)3/h5-8,16-17,23H,4,9-13H2,1-3H3,(H,20,24)/t16-,17-/m1/s1. The van der Waals surface area contributed by atoms with Gasteiger partial charge < -0.3 is 20.1 Å². The first kappa shape index (κ1) is 20.2. The summed E-state index contributed by atoms with van der Waals surface area (Å²) in [4.78, 5) is 27.5.